The summed E-state index contributed by atoms with van der Waals surface area (Å²) in [5, 5.41) is 9.79. The fraction of sp³-hybridized carbons (Fsp3) is 0.333. The molecule has 22 heavy (non-hydrogen) atoms. The number of carbonyl (C=O) groups is 2. The number of nitrogens with zero attached hydrogens (tertiary/aromatic N) is 1. The van der Waals surface area contributed by atoms with Crippen LogP contribution in [0.25, 0.3) is 10.9 Å². The Balaban J connectivity index is 1.83. The van der Waals surface area contributed by atoms with E-state index in [1.54, 1.807) is 12.3 Å². The fourth-order valence-corrected chi connectivity index (χ4v) is 2.67. The van der Waals surface area contributed by atoms with E-state index in [0.717, 1.165) is 5.52 Å². The van der Waals surface area contributed by atoms with Gasteiger partial charge in [-0.05, 0) is 23.8 Å². The van der Waals surface area contributed by atoms with Crippen LogP contribution >= 0.6 is 0 Å². The number of H-pyrrole nitrogens is 1. The molecule has 2 N–H and O–H groups in total. The van der Waals surface area contributed by atoms with E-state index >= 15 is 0 Å². The van der Waals surface area contributed by atoms with E-state index in [9.17, 15) is 14.0 Å². The molecule has 1 aromatic carbocycles. The van der Waals surface area contributed by atoms with Crippen molar-refractivity contribution < 1.29 is 23.8 Å². The van der Waals surface area contributed by atoms with Gasteiger partial charge < -0.3 is 19.7 Å². The molecule has 1 saturated heterocycles. The number of nitrogens with one attached hydrogen (secondary N) is 1. The molecular formula is C15H15FN2O4. The van der Waals surface area contributed by atoms with Gasteiger partial charge in [-0.3, -0.25) is 4.79 Å². The third-order valence-corrected chi connectivity index (χ3v) is 3.81. The monoisotopic (exact) mass is 306 g/mol. The number of benzene rings is 1. The number of carboxylic acid groups (broad SMARTS) is 1. The molecule has 1 fully saturated rings. The van der Waals surface area contributed by atoms with Gasteiger partial charge in [0.15, 0.2) is 6.04 Å². The molecule has 3 rings (SSSR count). The summed E-state index contributed by atoms with van der Waals surface area (Å²) in [5.74, 6) is -1.77. The maximum atomic E-state index is 13.4. The zero-order valence-corrected chi connectivity index (χ0v) is 11.7. The Hall–Kier alpha value is -2.41. The summed E-state index contributed by atoms with van der Waals surface area (Å²) in [6, 6.07) is 3.34. The van der Waals surface area contributed by atoms with Crippen molar-refractivity contribution in [2.24, 2.45) is 0 Å². The maximum absolute atomic E-state index is 13.4. The van der Waals surface area contributed by atoms with Crippen LogP contribution in [0.5, 0.6) is 0 Å². The quantitative estimate of drug-likeness (QED) is 0.891. The number of aliphatic carboxylic acids is 1. The molecule has 0 unspecified atom stereocenters. The van der Waals surface area contributed by atoms with E-state index in [1.807, 2.05) is 0 Å². The predicted molar refractivity (Wildman–Crippen MR) is 75.9 cm³/mol. The second kappa shape index (κ2) is 5.76. The molecule has 1 aliphatic rings. The molecule has 1 amide bonds. The minimum Gasteiger partial charge on any atom is -0.480 e. The van der Waals surface area contributed by atoms with Gasteiger partial charge >= 0.3 is 5.97 Å². The predicted octanol–water partition coefficient (Wildman–Crippen LogP) is 1.16. The number of carbonyl (C=O) groups excluding carboxylic acids is 1. The first-order chi connectivity index (χ1) is 10.6. The highest BCUT2D eigenvalue weighted by molar-refractivity contribution is 5.90. The number of aromatic nitrogens is 1. The summed E-state index contributed by atoms with van der Waals surface area (Å²) >= 11 is 0. The molecule has 7 heteroatoms. The summed E-state index contributed by atoms with van der Waals surface area (Å²) in [6.45, 7) is 0.550. The lowest BCUT2D eigenvalue weighted by Gasteiger charge is -2.32. The van der Waals surface area contributed by atoms with Crippen molar-refractivity contribution in [1.29, 1.82) is 0 Å². The standard InChI is InChI=1S/C15H15FN2O4/c16-10-1-2-12-11(6-10)9(7-17-12)5-14(19)18-3-4-22-8-13(18)15(20)21/h1-2,6-7,13,17H,3-5,8H2,(H,20,21)/t13-/m0/s1. The van der Waals surface area contributed by atoms with Gasteiger partial charge in [-0.15, -0.1) is 0 Å². The number of carboxylic acids is 1. The molecule has 0 spiro atoms. The number of halogens is 1. The lowest BCUT2D eigenvalue weighted by atomic mass is 10.1. The largest absolute Gasteiger partial charge is 0.480 e. The van der Waals surface area contributed by atoms with Gasteiger partial charge in [-0.1, -0.05) is 0 Å². The van der Waals surface area contributed by atoms with Gasteiger partial charge in [0.05, 0.1) is 19.6 Å². The van der Waals surface area contributed by atoms with E-state index < -0.39 is 12.0 Å². The number of hydrogen-bond acceptors (Lipinski definition) is 3. The Morgan fingerprint density at radius 1 is 1.45 bits per heavy atom. The number of amides is 1. The zero-order chi connectivity index (χ0) is 15.7. The van der Waals surface area contributed by atoms with E-state index in [1.165, 1.54) is 17.0 Å². The highest BCUT2D eigenvalue weighted by Crippen LogP contribution is 2.21. The molecule has 1 aromatic heterocycles. The average molecular weight is 306 g/mol. The zero-order valence-electron chi connectivity index (χ0n) is 11.7. The number of fused-ring (bicyclic) bond motifs is 1. The SMILES string of the molecule is O=C(O)[C@@H]1COCCN1C(=O)Cc1c[nH]c2ccc(F)cc12. The second-order valence-corrected chi connectivity index (χ2v) is 5.20. The molecule has 0 aliphatic carbocycles. The van der Waals surface area contributed by atoms with Gasteiger partial charge in [0.2, 0.25) is 5.91 Å². The van der Waals surface area contributed by atoms with Crippen LogP contribution < -0.4 is 0 Å². The molecule has 2 aromatic rings. The molecular weight excluding hydrogens is 291 g/mol. The smallest absolute Gasteiger partial charge is 0.328 e. The lowest BCUT2D eigenvalue weighted by Crippen LogP contribution is -2.53. The van der Waals surface area contributed by atoms with Crippen molar-refractivity contribution >= 4 is 22.8 Å². The Morgan fingerprint density at radius 3 is 3.05 bits per heavy atom. The van der Waals surface area contributed by atoms with Gasteiger partial charge in [0, 0.05) is 23.6 Å². The van der Waals surface area contributed by atoms with E-state index in [-0.39, 0.29) is 31.3 Å². The van der Waals surface area contributed by atoms with Crippen LogP contribution in [0.1, 0.15) is 5.56 Å². The molecule has 2 heterocycles. The molecule has 0 saturated carbocycles. The number of hydrogen-bond donors (Lipinski definition) is 2. The summed E-state index contributed by atoms with van der Waals surface area (Å²) in [7, 11) is 0. The first-order valence-electron chi connectivity index (χ1n) is 6.92. The number of aromatic amines is 1. The molecule has 1 aliphatic heterocycles. The number of morpholine rings is 1. The lowest BCUT2D eigenvalue weighted by molar-refractivity contribution is -0.157. The second-order valence-electron chi connectivity index (χ2n) is 5.20. The van der Waals surface area contributed by atoms with Crippen LogP contribution in [0.3, 0.4) is 0 Å². The van der Waals surface area contributed by atoms with Crippen molar-refractivity contribution in [3.05, 3.63) is 35.8 Å². The Kier molecular flexibility index (Phi) is 3.81. The molecule has 0 bridgehead atoms. The van der Waals surface area contributed by atoms with Crippen molar-refractivity contribution in [2.75, 3.05) is 19.8 Å². The van der Waals surface area contributed by atoms with E-state index in [2.05, 4.69) is 4.98 Å². The maximum Gasteiger partial charge on any atom is 0.328 e. The third kappa shape index (κ3) is 2.67. The number of ether oxygens (including phenoxy) is 1. The molecule has 0 radical (unpaired) electrons. The van der Waals surface area contributed by atoms with Gasteiger partial charge in [-0.2, -0.15) is 0 Å². The van der Waals surface area contributed by atoms with Crippen LogP contribution in [0.4, 0.5) is 4.39 Å². The number of rotatable bonds is 3. The van der Waals surface area contributed by atoms with Crippen LogP contribution in [0.15, 0.2) is 24.4 Å². The summed E-state index contributed by atoms with van der Waals surface area (Å²) in [5.41, 5.74) is 1.39. The molecule has 6 nitrogen and oxygen atoms in total. The minimum atomic E-state index is -1.09. The highest BCUT2D eigenvalue weighted by Gasteiger charge is 2.32. The highest BCUT2D eigenvalue weighted by atomic mass is 19.1. The molecule has 116 valence electrons. The van der Waals surface area contributed by atoms with E-state index in [0.29, 0.717) is 17.6 Å². The normalized spacial score (nSPS) is 18.6. The van der Waals surface area contributed by atoms with Crippen molar-refractivity contribution in [2.45, 2.75) is 12.5 Å². The van der Waals surface area contributed by atoms with Crippen molar-refractivity contribution in [3.8, 4) is 0 Å². The van der Waals surface area contributed by atoms with Gasteiger partial charge in [0.1, 0.15) is 5.82 Å². The van der Waals surface area contributed by atoms with Gasteiger partial charge in [0.25, 0.3) is 0 Å². The minimum absolute atomic E-state index is 0.0103. The summed E-state index contributed by atoms with van der Waals surface area (Å²) in [4.78, 5) is 27.9. The Morgan fingerprint density at radius 2 is 2.27 bits per heavy atom. The van der Waals surface area contributed by atoms with Crippen molar-refractivity contribution in [1.82, 2.24) is 9.88 Å². The van der Waals surface area contributed by atoms with Crippen molar-refractivity contribution in [3.63, 3.8) is 0 Å². The van der Waals surface area contributed by atoms with Crippen LogP contribution in [-0.4, -0.2) is 52.7 Å². The molecule has 1 atom stereocenters. The third-order valence-electron chi connectivity index (χ3n) is 3.81. The van der Waals surface area contributed by atoms with E-state index in [4.69, 9.17) is 9.84 Å². The first-order valence-corrected chi connectivity index (χ1v) is 6.92. The van der Waals surface area contributed by atoms with Crippen LogP contribution in [-0.2, 0) is 20.7 Å². The average Bonchev–Trinajstić information content (AvgIpc) is 2.89. The van der Waals surface area contributed by atoms with Crippen LogP contribution in [0, 0.1) is 5.82 Å². The first kappa shape index (κ1) is 14.5. The topological polar surface area (TPSA) is 82.6 Å². The van der Waals surface area contributed by atoms with Gasteiger partial charge in [-0.25, -0.2) is 9.18 Å². The Bertz CT molecular complexity index is 727. The summed E-state index contributed by atoms with van der Waals surface area (Å²) in [6.07, 6.45) is 1.67. The Labute approximate surface area is 125 Å². The summed E-state index contributed by atoms with van der Waals surface area (Å²) < 4.78 is 18.5. The van der Waals surface area contributed by atoms with Crippen LogP contribution in [0.2, 0.25) is 0 Å². The fourth-order valence-electron chi connectivity index (χ4n) is 2.67.